The number of amides is 1. The first-order valence-electron chi connectivity index (χ1n) is 8.65. The average Bonchev–Trinajstić information content (AvgIpc) is 2.63. The van der Waals surface area contributed by atoms with Crippen LogP contribution in [0.3, 0.4) is 0 Å². The number of aryl methyl sites for hydroxylation is 1. The molecule has 1 N–H and O–H groups in total. The third-order valence-corrected chi connectivity index (χ3v) is 4.04. The van der Waals surface area contributed by atoms with Crippen LogP contribution in [0.4, 0.5) is 0 Å². The van der Waals surface area contributed by atoms with Crippen molar-refractivity contribution in [1.82, 2.24) is 19.9 Å². The molecule has 0 aliphatic heterocycles. The fraction of sp³-hybridized carbons (Fsp3) is 0.300. The Balaban J connectivity index is 1.93. The van der Waals surface area contributed by atoms with Crippen LogP contribution in [0.2, 0.25) is 0 Å². The van der Waals surface area contributed by atoms with Gasteiger partial charge in [0.25, 0.3) is 11.5 Å². The van der Waals surface area contributed by atoms with Crippen LogP contribution >= 0.6 is 0 Å². The number of rotatable bonds is 5. The molecule has 0 unspecified atom stereocenters. The first-order valence-corrected chi connectivity index (χ1v) is 8.65. The van der Waals surface area contributed by atoms with E-state index in [1.165, 1.54) is 4.57 Å². The number of benzene rings is 1. The predicted octanol–water partition coefficient (Wildman–Crippen LogP) is 2.69. The number of nitrogens with one attached hydrogen (secondary N) is 1. The second-order valence-corrected chi connectivity index (χ2v) is 6.78. The Morgan fingerprint density at radius 3 is 2.62 bits per heavy atom. The third kappa shape index (κ3) is 3.79. The summed E-state index contributed by atoms with van der Waals surface area (Å²) in [6.07, 6.45) is 1.62. The Bertz CT molecular complexity index is 991. The maximum Gasteiger partial charge on any atom is 0.283 e. The molecule has 0 fully saturated rings. The van der Waals surface area contributed by atoms with Crippen molar-refractivity contribution in [3.05, 3.63) is 69.8 Å². The van der Waals surface area contributed by atoms with E-state index in [9.17, 15) is 9.59 Å². The van der Waals surface area contributed by atoms with Gasteiger partial charge in [0.05, 0.1) is 0 Å². The number of carbonyl (C=O) groups is 1. The lowest BCUT2D eigenvalue weighted by Gasteiger charge is -2.13. The predicted molar refractivity (Wildman–Crippen MR) is 101 cm³/mol. The van der Waals surface area contributed by atoms with Gasteiger partial charge in [-0.2, -0.15) is 0 Å². The lowest BCUT2D eigenvalue weighted by Crippen LogP contribution is -2.35. The zero-order chi connectivity index (χ0) is 18.7. The van der Waals surface area contributed by atoms with Gasteiger partial charge < -0.3 is 5.32 Å². The van der Waals surface area contributed by atoms with E-state index in [4.69, 9.17) is 0 Å². The number of pyridine rings is 1. The number of hydrogen-bond acceptors (Lipinski definition) is 4. The van der Waals surface area contributed by atoms with Crippen molar-refractivity contribution in [3.63, 3.8) is 0 Å². The van der Waals surface area contributed by atoms with Crippen molar-refractivity contribution in [2.24, 2.45) is 5.92 Å². The van der Waals surface area contributed by atoms with Gasteiger partial charge in [0.1, 0.15) is 5.52 Å². The molecule has 0 bridgehead atoms. The van der Waals surface area contributed by atoms with E-state index in [1.54, 1.807) is 18.3 Å². The van der Waals surface area contributed by atoms with Crippen LogP contribution in [0, 0.1) is 12.8 Å². The van der Waals surface area contributed by atoms with Gasteiger partial charge in [0.15, 0.2) is 11.3 Å². The standard InChI is InChI=1S/C20H22N4O2/c1-13(2)12-24-18-16(5-4-10-21-18)23-17(20(24)26)19(25)22-11-15-8-6-14(3)7-9-15/h4-10,13H,11-12H2,1-3H3,(H,22,25). The van der Waals surface area contributed by atoms with E-state index in [1.807, 2.05) is 45.0 Å². The number of hydrogen-bond donors (Lipinski definition) is 1. The molecule has 0 spiro atoms. The molecular weight excluding hydrogens is 328 g/mol. The molecule has 6 heteroatoms. The molecule has 1 aromatic carbocycles. The van der Waals surface area contributed by atoms with E-state index < -0.39 is 11.5 Å². The highest BCUT2D eigenvalue weighted by molar-refractivity contribution is 5.93. The molecule has 26 heavy (non-hydrogen) atoms. The summed E-state index contributed by atoms with van der Waals surface area (Å²) in [6.45, 7) is 6.85. The highest BCUT2D eigenvalue weighted by Gasteiger charge is 2.18. The summed E-state index contributed by atoms with van der Waals surface area (Å²) in [5.41, 5.74) is 2.65. The first-order chi connectivity index (χ1) is 12.5. The van der Waals surface area contributed by atoms with Gasteiger partial charge in [-0.15, -0.1) is 0 Å². The largest absolute Gasteiger partial charge is 0.346 e. The average molecular weight is 350 g/mol. The number of nitrogens with zero attached hydrogens (tertiary/aromatic N) is 3. The van der Waals surface area contributed by atoms with Gasteiger partial charge in [0.2, 0.25) is 0 Å². The Kier molecular flexibility index (Phi) is 5.11. The molecule has 3 aromatic rings. The van der Waals surface area contributed by atoms with Gasteiger partial charge in [-0.3, -0.25) is 14.2 Å². The maximum atomic E-state index is 12.8. The Labute approximate surface area is 151 Å². The van der Waals surface area contributed by atoms with Crippen LogP contribution in [0.25, 0.3) is 11.2 Å². The van der Waals surface area contributed by atoms with Gasteiger partial charge in [-0.25, -0.2) is 9.97 Å². The topological polar surface area (TPSA) is 76.9 Å². The van der Waals surface area contributed by atoms with Crippen molar-refractivity contribution < 1.29 is 4.79 Å². The van der Waals surface area contributed by atoms with E-state index in [0.717, 1.165) is 11.1 Å². The number of fused-ring (bicyclic) bond motifs is 1. The summed E-state index contributed by atoms with van der Waals surface area (Å²) in [6, 6.07) is 11.4. The van der Waals surface area contributed by atoms with E-state index >= 15 is 0 Å². The van der Waals surface area contributed by atoms with Crippen LogP contribution in [0.5, 0.6) is 0 Å². The molecule has 0 aliphatic rings. The van der Waals surface area contributed by atoms with Crippen molar-refractivity contribution in [3.8, 4) is 0 Å². The Hall–Kier alpha value is -3.02. The summed E-state index contributed by atoms with van der Waals surface area (Å²) in [5.74, 6) is -0.234. The zero-order valence-electron chi connectivity index (χ0n) is 15.2. The molecule has 2 heterocycles. The summed E-state index contributed by atoms with van der Waals surface area (Å²) < 4.78 is 1.54. The zero-order valence-corrected chi connectivity index (χ0v) is 15.2. The van der Waals surface area contributed by atoms with Gasteiger partial charge in [-0.1, -0.05) is 43.7 Å². The molecule has 1 amide bonds. The molecule has 0 aliphatic carbocycles. The fourth-order valence-corrected chi connectivity index (χ4v) is 2.73. The van der Waals surface area contributed by atoms with Crippen LogP contribution in [-0.4, -0.2) is 20.4 Å². The lowest BCUT2D eigenvalue weighted by molar-refractivity contribution is 0.0944. The number of carbonyl (C=O) groups excluding carboxylic acids is 1. The summed E-state index contributed by atoms with van der Waals surface area (Å²) in [7, 11) is 0. The van der Waals surface area contributed by atoms with Crippen molar-refractivity contribution in [2.75, 3.05) is 0 Å². The van der Waals surface area contributed by atoms with Crippen molar-refractivity contribution >= 4 is 17.1 Å². The van der Waals surface area contributed by atoms with Gasteiger partial charge >= 0.3 is 0 Å². The molecule has 0 saturated carbocycles. The monoisotopic (exact) mass is 350 g/mol. The van der Waals surface area contributed by atoms with Crippen molar-refractivity contribution in [1.29, 1.82) is 0 Å². The summed E-state index contributed by atoms with van der Waals surface area (Å²) in [5, 5.41) is 2.79. The van der Waals surface area contributed by atoms with Crippen LogP contribution in [-0.2, 0) is 13.1 Å². The molecule has 0 saturated heterocycles. The first kappa shape index (κ1) is 17.8. The maximum absolute atomic E-state index is 12.8. The van der Waals surface area contributed by atoms with Crippen LogP contribution < -0.4 is 10.9 Å². The molecule has 6 nitrogen and oxygen atoms in total. The normalized spacial score (nSPS) is 11.1. The van der Waals surface area contributed by atoms with E-state index in [0.29, 0.717) is 24.3 Å². The SMILES string of the molecule is Cc1ccc(CNC(=O)c2nc3cccnc3n(CC(C)C)c2=O)cc1. The molecule has 3 rings (SSSR count). The van der Waals surface area contributed by atoms with Gasteiger partial charge in [-0.05, 0) is 30.5 Å². The second kappa shape index (κ2) is 7.47. The van der Waals surface area contributed by atoms with Crippen molar-refractivity contribution in [2.45, 2.75) is 33.9 Å². The Morgan fingerprint density at radius 1 is 1.19 bits per heavy atom. The van der Waals surface area contributed by atoms with Crippen LogP contribution in [0.1, 0.15) is 35.5 Å². The third-order valence-electron chi connectivity index (χ3n) is 4.04. The molecule has 0 atom stereocenters. The smallest absolute Gasteiger partial charge is 0.283 e. The molecular formula is C20H22N4O2. The van der Waals surface area contributed by atoms with Crippen LogP contribution in [0.15, 0.2) is 47.4 Å². The van der Waals surface area contributed by atoms with Gasteiger partial charge in [0, 0.05) is 19.3 Å². The highest BCUT2D eigenvalue weighted by atomic mass is 16.2. The molecule has 134 valence electrons. The minimum Gasteiger partial charge on any atom is -0.346 e. The molecule has 2 aromatic heterocycles. The van der Waals surface area contributed by atoms with E-state index in [2.05, 4.69) is 15.3 Å². The highest BCUT2D eigenvalue weighted by Crippen LogP contribution is 2.09. The minimum atomic E-state index is -0.473. The number of aromatic nitrogens is 3. The second-order valence-electron chi connectivity index (χ2n) is 6.78. The minimum absolute atomic E-state index is 0.0988. The van der Waals surface area contributed by atoms with E-state index in [-0.39, 0.29) is 11.6 Å². The quantitative estimate of drug-likeness (QED) is 0.767. The summed E-state index contributed by atoms with van der Waals surface area (Å²) >= 11 is 0. The Morgan fingerprint density at radius 2 is 1.92 bits per heavy atom. The lowest BCUT2D eigenvalue weighted by atomic mass is 10.1. The summed E-state index contributed by atoms with van der Waals surface area (Å²) in [4.78, 5) is 33.9. The molecule has 0 radical (unpaired) electrons. The fourth-order valence-electron chi connectivity index (χ4n) is 2.73.